The molecule has 29 heavy (non-hydrogen) atoms. The molecule has 0 saturated carbocycles. The van der Waals surface area contributed by atoms with E-state index in [0.29, 0.717) is 24.1 Å². The van der Waals surface area contributed by atoms with Gasteiger partial charge in [0.2, 0.25) is 0 Å². The highest BCUT2D eigenvalue weighted by Crippen LogP contribution is 2.28. The summed E-state index contributed by atoms with van der Waals surface area (Å²) in [5.41, 5.74) is 2.26. The Morgan fingerprint density at radius 2 is 2.00 bits per heavy atom. The minimum Gasteiger partial charge on any atom is -0.493 e. The molecule has 162 valence electrons. The third kappa shape index (κ3) is 7.59. The van der Waals surface area contributed by atoms with Crippen LogP contribution in [0.25, 0.3) is 0 Å². The van der Waals surface area contributed by atoms with E-state index in [1.54, 1.807) is 18.4 Å². The summed E-state index contributed by atoms with van der Waals surface area (Å²) in [5, 5.41) is 14.8. The number of nitrogens with one attached hydrogen (secondary N) is 1. The molecule has 0 spiro atoms. The van der Waals surface area contributed by atoms with Crippen LogP contribution in [-0.4, -0.2) is 61.0 Å². The lowest BCUT2D eigenvalue weighted by molar-refractivity contribution is 0.0668. The van der Waals surface area contributed by atoms with Gasteiger partial charge in [-0.05, 0) is 52.4 Å². The summed E-state index contributed by atoms with van der Waals surface area (Å²) < 4.78 is 11.3. The molecule has 0 fully saturated rings. The number of thiazole rings is 1. The zero-order valence-electron chi connectivity index (χ0n) is 18.5. The number of hydrogen-bond donors (Lipinski definition) is 2. The van der Waals surface area contributed by atoms with E-state index in [-0.39, 0.29) is 6.61 Å². The smallest absolute Gasteiger partial charge is 0.161 e. The number of aliphatic hydroxyl groups is 1. The fraction of sp³-hybridized carbons (Fsp3) is 0.591. The Labute approximate surface area is 178 Å². The van der Waals surface area contributed by atoms with Crippen molar-refractivity contribution in [1.29, 1.82) is 0 Å². The van der Waals surface area contributed by atoms with Crippen molar-refractivity contribution in [3.63, 3.8) is 0 Å². The maximum absolute atomic E-state index is 10.2. The van der Waals surface area contributed by atoms with Crippen molar-refractivity contribution in [2.45, 2.75) is 52.8 Å². The van der Waals surface area contributed by atoms with E-state index in [1.807, 2.05) is 25.2 Å². The monoisotopic (exact) mass is 421 g/mol. The van der Waals surface area contributed by atoms with Crippen molar-refractivity contribution in [3.05, 3.63) is 39.3 Å². The third-order valence-corrected chi connectivity index (χ3v) is 6.09. The van der Waals surface area contributed by atoms with Crippen LogP contribution in [0.4, 0.5) is 0 Å². The quantitative estimate of drug-likeness (QED) is 0.513. The predicted octanol–water partition coefficient (Wildman–Crippen LogP) is 3.18. The molecule has 1 aromatic carbocycles. The molecule has 0 aliphatic heterocycles. The number of aromatic nitrogens is 1. The van der Waals surface area contributed by atoms with Crippen LogP contribution in [0.5, 0.6) is 11.5 Å². The molecular weight excluding hydrogens is 386 g/mol. The minimum absolute atomic E-state index is 0.234. The molecular formula is C22H35N3O3S. The molecule has 2 rings (SSSR count). The molecule has 0 bridgehead atoms. The van der Waals surface area contributed by atoms with E-state index in [1.165, 1.54) is 9.88 Å². The first-order chi connectivity index (χ1) is 13.8. The second-order valence-electron chi connectivity index (χ2n) is 7.66. The van der Waals surface area contributed by atoms with Crippen molar-refractivity contribution < 1.29 is 14.6 Å². The number of nitrogens with zero attached hydrogens (tertiary/aromatic N) is 2. The Balaban J connectivity index is 1.81. The first kappa shape index (κ1) is 23.6. The molecule has 0 unspecified atom stereocenters. The van der Waals surface area contributed by atoms with Gasteiger partial charge in [-0.2, -0.15) is 0 Å². The van der Waals surface area contributed by atoms with E-state index in [0.717, 1.165) is 30.8 Å². The third-order valence-electron chi connectivity index (χ3n) is 4.96. The number of aryl methyl sites for hydroxylation is 2. The van der Waals surface area contributed by atoms with Gasteiger partial charge < -0.3 is 24.8 Å². The Morgan fingerprint density at radius 1 is 1.24 bits per heavy atom. The molecule has 2 aromatic rings. The minimum atomic E-state index is -0.549. The summed E-state index contributed by atoms with van der Waals surface area (Å²) in [6.07, 6.45) is 0.381. The van der Waals surface area contributed by atoms with Gasteiger partial charge in [0.25, 0.3) is 0 Å². The molecule has 0 saturated heterocycles. The topological polar surface area (TPSA) is 66.8 Å². The standard InChI is InChI=1S/C22H35N3O3S/c1-15(2)25(5)13-19(26)14-28-20-8-7-18(11-21(20)27-6)12-23-10-9-22-24-16(3)17(4)29-22/h7-8,11,15,19,23,26H,9-10,12-14H2,1-6H3/t19-/m0/s1. The molecule has 7 heteroatoms. The highest BCUT2D eigenvalue weighted by Gasteiger charge is 2.13. The molecule has 0 amide bonds. The fourth-order valence-corrected chi connectivity index (χ4v) is 3.73. The van der Waals surface area contributed by atoms with Gasteiger partial charge in [0.15, 0.2) is 11.5 Å². The number of methoxy groups -OCH3 is 1. The number of hydrogen-bond acceptors (Lipinski definition) is 7. The van der Waals surface area contributed by atoms with Crippen LogP contribution in [0.15, 0.2) is 18.2 Å². The maximum atomic E-state index is 10.2. The van der Waals surface area contributed by atoms with Gasteiger partial charge in [0, 0.05) is 37.0 Å². The van der Waals surface area contributed by atoms with Crippen LogP contribution in [0.3, 0.4) is 0 Å². The Morgan fingerprint density at radius 3 is 2.62 bits per heavy atom. The lowest BCUT2D eigenvalue weighted by Crippen LogP contribution is -2.36. The van der Waals surface area contributed by atoms with Gasteiger partial charge in [0.1, 0.15) is 12.7 Å². The summed E-state index contributed by atoms with van der Waals surface area (Å²) >= 11 is 1.77. The second kappa shape index (κ2) is 11.5. The van der Waals surface area contributed by atoms with Crippen LogP contribution >= 0.6 is 11.3 Å². The molecule has 1 heterocycles. The van der Waals surface area contributed by atoms with Crippen LogP contribution in [0.1, 0.15) is 35.0 Å². The normalized spacial score (nSPS) is 12.6. The molecule has 0 aliphatic carbocycles. The van der Waals surface area contributed by atoms with Crippen molar-refractivity contribution >= 4 is 11.3 Å². The Hall–Kier alpha value is -1.67. The van der Waals surface area contributed by atoms with Gasteiger partial charge in [-0.15, -0.1) is 11.3 Å². The molecule has 6 nitrogen and oxygen atoms in total. The van der Waals surface area contributed by atoms with Crippen molar-refractivity contribution in [1.82, 2.24) is 15.2 Å². The number of ether oxygens (including phenoxy) is 2. The Bertz CT molecular complexity index is 744. The summed E-state index contributed by atoms with van der Waals surface area (Å²) in [6, 6.07) is 6.29. The van der Waals surface area contributed by atoms with Crippen LogP contribution in [-0.2, 0) is 13.0 Å². The van der Waals surface area contributed by atoms with Gasteiger partial charge in [-0.3, -0.25) is 0 Å². The highest BCUT2D eigenvalue weighted by molar-refractivity contribution is 7.11. The maximum Gasteiger partial charge on any atom is 0.161 e. The van der Waals surface area contributed by atoms with Crippen LogP contribution in [0.2, 0.25) is 0 Å². The lowest BCUT2D eigenvalue weighted by Gasteiger charge is -2.24. The average molecular weight is 422 g/mol. The van der Waals surface area contributed by atoms with E-state index >= 15 is 0 Å². The fourth-order valence-electron chi connectivity index (χ4n) is 2.80. The first-order valence-electron chi connectivity index (χ1n) is 10.1. The number of benzene rings is 1. The van der Waals surface area contributed by atoms with Crippen LogP contribution in [0, 0.1) is 13.8 Å². The zero-order valence-corrected chi connectivity index (χ0v) is 19.3. The predicted molar refractivity (Wildman–Crippen MR) is 119 cm³/mol. The highest BCUT2D eigenvalue weighted by atomic mass is 32.1. The summed E-state index contributed by atoms with van der Waals surface area (Å²) in [6.45, 7) is 10.8. The molecule has 1 aromatic heterocycles. The zero-order chi connectivity index (χ0) is 21.4. The van der Waals surface area contributed by atoms with Gasteiger partial charge >= 0.3 is 0 Å². The average Bonchev–Trinajstić information content (AvgIpc) is 3.01. The summed E-state index contributed by atoms with van der Waals surface area (Å²) in [7, 11) is 3.63. The lowest BCUT2D eigenvalue weighted by atomic mass is 10.2. The number of likely N-dealkylation sites (N-methyl/N-ethyl adjacent to an activating group) is 1. The number of aliphatic hydroxyl groups excluding tert-OH is 1. The molecule has 2 N–H and O–H groups in total. The van der Waals surface area contributed by atoms with Crippen molar-refractivity contribution in [2.24, 2.45) is 0 Å². The number of rotatable bonds is 12. The largest absolute Gasteiger partial charge is 0.493 e. The van der Waals surface area contributed by atoms with E-state index in [9.17, 15) is 5.11 Å². The SMILES string of the molecule is COc1cc(CNCCc2nc(C)c(C)s2)ccc1OC[C@@H](O)CN(C)C(C)C. The first-order valence-corrected chi connectivity index (χ1v) is 10.9. The van der Waals surface area contributed by atoms with E-state index in [2.05, 4.69) is 42.9 Å². The van der Waals surface area contributed by atoms with Crippen molar-refractivity contribution in [3.8, 4) is 11.5 Å². The van der Waals surface area contributed by atoms with Crippen molar-refractivity contribution in [2.75, 3.05) is 33.9 Å². The second-order valence-corrected chi connectivity index (χ2v) is 8.95. The molecule has 0 aliphatic rings. The van der Waals surface area contributed by atoms with Crippen LogP contribution < -0.4 is 14.8 Å². The Kier molecular flexibility index (Phi) is 9.36. The molecule has 1 atom stereocenters. The molecule has 0 radical (unpaired) electrons. The van der Waals surface area contributed by atoms with E-state index in [4.69, 9.17) is 9.47 Å². The van der Waals surface area contributed by atoms with Gasteiger partial charge in [-0.25, -0.2) is 4.98 Å². The van der Waals surface area contributed by atoms with Gasteiger partial charge in [-0.1, -0.05) is 6.07 Å². The summed E-state index contributed by atoms with van der Waals surface area (Å²) in [4.78, 5) is 7.96. The summed E-state index contributed by atoms with van der Waals surface area (Å²) in [5.74, 6) is 1.33. The van der Waals surface area contributed by atoms with E-state index < -0.39 is 6.10 Å². The van der Waals surface area contributed by atoms with Gasteiger partial charge in [0.05, 0.1) is 17.8 Å².